The van der Waals surface area contributed by atoms with Crippen molar-refractivity contribution in [3.8, 4) is 0 Å². The van der Waals surface area contributed by atoms with Crippen molar-refractivity contribution in [1.82, 2.24) is 5.32 Å². The first-order valence-corrected chi connectivity index (χ1v) is 5.84. The molecule has 4 heteroatoms. The van der Waals surface area contributed by atoms with Gasteiger partial charge in [-0.05, 0) is 31.5 Å². The molecule has 0 amide bonds. The molecule has 0 unspecified atom stereocenters. The van der Waals surface area contributed by atoms with Crippen molar-refractivity contribution in [1.29, 1.82) is 0 Å². The summed E-state index contributed by atoms with van der Waals surface area (Å²) in [6, 6.07) is 6.72. The van der Waals surface area contributed by atoms with Crippen LogP contribution in [0.2, 0.25) is 0 Å². The summed E-state index contributed by atoms with van der Waals surface area (Å²) in [5.74, 6) is -0.508. The molecule has 0 aliphatic rings. The van der Waals surface area contributed by atoms with Gasteiger partial charge in [0.1, 0.15) is 5.82 Å². The van der Waals surface area contributed by atoms with Gasteiger partial charge in [0.05, 0.1) is 7.11 Å². The number of carbonyl (C=O) groups is 1. The van der Waals surface area contributed by atoms with E-state index in [9.17, 15) is 9.18 Å². The molecule has 0 saturated carbocycles. The number of methoxy groups -OCH3 is 1. The van der Waals surface area contributed by atoms with E-state index in [0.29, 0.717) is 30.6 Å². The van der Waals surface area contributed by atoms with Gasteiger partial charge in [-0.1, -0.05) is 24.3 Å². The van der Waals surface area contributed by atoms with E-state index in [1.165, 1.54) is 13.2 Å². The molecular formula is C14H18FNO2. The van der Waals surface area contributed by atoms with Crippen molar-refractivity contribution in [3.63, 3.8) is 0 Å². The van der Waals surface area contributed by atoms with Crippen LogP contribution in [-0.2, 0) is 16.0 Å². The maximum Gasteiger partial charge on any atom is 0.333 e. The molecule has 1 aromatic carbocycles. The highest BCUT2D eigenvalue weighted by molar-refractivity contribution is 5.87. The van der Waals surface area contributed by atoms with E-state index in [1.807, 2.05) is 6.07 Å². The molecule has 0 aliphatic carbocycles. The second kappa shape index (κ2) is 7.61. The van der Waals surface area contributed by atoms with Crippen molar-refractivity contribution in [2.24, 2.45) is 0 Å². The van der Waals surface area contributed by atoms with E-state index in [0.717, 1.165) is 0 Å². The van der Waals surface area contributed by atoms with Crippen LogP contribution >= 0.6 is 0 Å². The third-order valence-corrected chi connectivity index (χ3v) is 2.59. The lowest BCUT2D eigenvalue weighted by atomic mass is 10.1. The van der Waals surface area contributed by atoms with Gasteiger partial charge in [-0.25, -0.2) is 9.18 Å². The fraction of sp³-hybridized carbons (Fsp3) is 0.357. The first-order valence-electron chi connectivity index (χ1n) is 5.84. The Labute approximate surface area is 107 Å². The first kappa shape index (κ1) is 14.4. The summed E-state index contributed by atoms with van der Waals surface area (Å²) in [5.41, 5.74) is 1.26. The number of halogens is 1. The lowest BCUT2D eigenvalue weighted by Crippen LogP contribution is -2.18. The second-order valence-electron chi connectivity index (χ2n) is 3.92. The number of carbonyl (C=O) groups excluding carboxylic acids is 1. The van der Waals surface area contributed by atoms with E-state index >= 15 is 0 Å². The van der Waals surface area contributed by atoms with Crippen LogP contribution in [0.3, 0.4) is 0 Å². The Kier molecular flexibility index (Phi) is 6.08. The molecule has 1 aromatic rings. The molecule has 18 heavy (non-hydrogen) atoms. The van der Waals surface area contributed by atoms with Crippen LogP contribution in [0.1, 0.15) is 12.5 Å². The summed E-state index contributed by atoms with van der Waals surface area (Å²) < 4.78 is 17.8. The van der Waals surface area contributed by atoms with Gasteiger partial charge in [-0.15, -0.1) is 0 Å². The second-order valence-corrected chi connectivity index (χ2v) is 3.92. The zero-order valence-electron chi connectivity index (χ0n) is 10.7. The molecule has 1 N–H and O–H groups in total. The summed E-state index contributed by atoms with van der Waals surface area (Å²) in [5, 5.41) is 3.12. The normalized spacial score (nSPS) is 11.4. The van der Waals surface area contributed by atoms with E-state index in [-0.39, 0.29) is 11.8 Å². The fourth-order valence-electron chi connectivity index (χ4n) is 1.50. The highest BCUT2D eigenvalue weighted by atomic mass is 19.1. The molecule has 0 heterocycles. The standard InChI is InChI=1S/C14H18FNO2/c1-11(14(17)18-2)7-9-16-10-8-12-5-3-4-6-13(12)15/h3-7,16H,8-10H2,1-2H3/b11-7+. The average molecular weight is 251 g/mol. The fourth-order valence-corrected chi connectivity index (χ4v) is 1.50. The number of rotatable bonds is 6. The Morgan fingerprint density at radius 1 is 1.44 bits per heavy atom. The topological polar surface area (TPSA) is 38.3 Å². The average Bonchev–Trinajstić information content (AvgIpc) is 2.39. The van der Waals surface area contributed by atoms with Crippen molar-refractivity contribution in [3.05, 3.63) is 47.3 Å². The Bertz CT molecular complexity index is 430. The first-order chi connectivity index (χ1) is 8.65. The monoisotopic (exact) mass is 251 g/mol. The van der Waals surface area contributed by atoms with E-state index in [4.69, 9.17) is 0 Å². The minimum atomic E-state index is -0.328. The van der Waals surface area contributed by atoms with E-state index in [1.54, 1.807) is 25.1 Å². The van der Waals surface area contributed by atoms with Gasteiger partial charge in [0.15, 0.2) is 0 Å². The summed E-state index contributed by atoms with van der Waals surface area (Å²) in [6.45, 7) is 2.92. The number of benzene rings is 1. The van der Waals surface area contributed by atoms with Gasteiger partial charge >= 0.3 is 5.97 Å². The van der Waals surface area contributed by atoms with Gasteiger partial charge in [-0.3, -0.25) is 0 Å². The minimum Gasteiger partial charge on any atom is -0.466 e. The quantitative estimate of drug-likeness (QED) is 0.478. The van der Waals surface area contributed by atoms with E-state index in [2.05, 4.69) is 10.1 Å². The van der Waals surface area contributed by atoms with Crippen LogP contribution in [0.5, 0.6) is 0 Å². The maximum absolute atomic E-state index is 13.3. The van der Waals surface area contributed by atoms with Crippen LogP contribution in [-0.4, -0.2) is 26.2 Å². The number of hydrogen-bond donors (Lipinski definition) is 1. The van der Waals surface area contributed by atoms with Crippen molar-refractivity contribution in [2.75, 3.05) is 20.2 Å². The Morgan fingerprint density at radius 3 is 2.83 bits per heavy atom. The number of esters is 1. The molecule has 1 rings (SSSR count). The summed E-state index contributed by atoms with van der Waals surface area (Å²) in [6.07, 6.45) is 2.38. The molecule has 3 nitrogen and oxygen atoms in total. The van der Waals surface area contributed by atoms with Gasteiger partial charge in [0, 0.05) is 12.1 Å². The predicted octanol–water partition coefficient (Wildman–Crippen LogP) is 2.08. The smallest absolute Gasteiger partial charge is 0.333 e. The largest absolute Gasteiger partial charge is 0.466 e. The number of nitrogens with one attached hydrogen (secondary N) is 1. The van der Waals surface area contributed by atoms with Crippen LogP contribution in [0.15, 0.2) is 35.9 Å². The lowest BCUT2D eigenvalue weighted by molar-refractivity contribution is -0.136. The van der Waals surface area contributed by atoms with Crippen LogP contribution in [0.4, 0.5) is 4.39 Å². The zero-order valence-corrected chi connectivity index (χ0v) is 10.7. The van der Waals surface area contributed by atoms with Crippen molar-refractivity contribution >= 4 is 5.97 Å². The predicted molar refractivity (Wildman–Crippen MR) is 68.7 cm³/mol. The molecule has 0 radical (unpaired) electrons. The molecule has 0 spiro atoms. The van der Waals surface area contributed by atoms with E-state index < -0.39 is 0 Å². The summed E-state index contributed by atoms with van der Waals surface area (Å²) in [7, 11) is 1.35. The third-order valence-electron chi connectivity index (χ3n) is 2.59. The molecule has 0 aliphatic heterocycles. The number of ether oxygens (including phenoxy) is 1. The highest BCUT2D eigenvalue weighted by Gasteiger charge is 2.02. The highest BCUT2D eigenvalue weighted by Crippen LogP contribution is 2.06. The van der Waals surface area contributed by atoms with Crippen molar-refractivity contribution in [2.45, 2.75) is 13.3 Å². The Hall–Kier alpha value is -1.68. The lowest BCUT2D eigenvalue weighted by Gasteiger charge is -2.04. The minimum absolute atomic E-state index is 0.180. The van der Waals surface area contributed by atoms with Gasteiger partial charge in [0.25, 0.3) is 0 Å². The van der Waals surface area contributed by atoms with Crippen LogP contribution < -0.4 is 5.32 Å². The number of hydrogen-bond acceptors (Lipinski definition) is 3. The third kappa shape index (κ3) is 4.67. The Morgan fingerprint density at radius 2 is 2.17 bits per heavy atom. The Balaban J connectivity index is 2.28. The molecular weight excluding hydrogens is 233 g/mol. The SMILES string of the molecule is COC(=O)/C(C)=C/CNCCc1ccccc1F. The molecule has 0 fully saturated rings. The van der Waals surface area contributed by atoms with Crippen molar-refractivity contribution < 1.29 is 13.9 Å². The van der Waals surface area contributed by atoms with Gasteiger partial charge in [0.2, 0.25) is 0 Å². The summed E-state index contributed by atoms with van der Waals surface area (Å²) in [4.78, 5) is 11.1. The summed E-state index contributed by atoms with van der Waals surface area (Å²) >= 11 is 0. The molecule has 0 bridgehead atoms. The van der Waals surface area contributed by atoms with Gasteiger partial charge in [-0.2, -0.15) is 0 Å². The van der Waals surface area contributed by atoms with Gasteiger partial charge < -0.3 is 10.1 Å². The maximum atomic E-state index is 13.3. The molecule has 0 saturated heterocycles. The van der Waals surface area contributed by atoms with Crippen LogP contribution in [0, 0.1) is 5.82 Å². The van der Waals surface area contributed by atoms with Crippen LogP contribution in [0.25, 0.3) is 0 Å². The molecule has 0 atom stereocenters. The molecule has 0 aromatic heterocycles. The molecule has 98 valence electrons. The zero-order chi connectivity index (χ0) is 13.4.